The van der Waals surface area contributed by atoms with Crippen molar-refractivity contribution in [2.45, 2.75) is 65.2 Å². The average molecular weight is 502 g/mol. The summed E-state index contributed by atoms with van der Waals surface area (Å²) in [6.45, 7) is 3.56. The highest BCUT2D eigenvalue weighted by Crippen LogP contribution is 2.25. The van der Waals surface area contributed by atoms with Gasteiger partial charge < -0.3 is 19.5 Å². The third-order valence-corrected chi connectivity index (χ3v) is 6.01. The summed E-state index contributed by atoms with van der Waals surface area (Å²) in [7, 11) is -2.54. The molecule has 0 bridgehead atoms. The van der Waals surface area contributed by atoms with Gasteiger partial charge in [0.1, 0.15) is 6.54 Å². The predicted molar refractivity (Wildman–Crippen MR) is 125 cm³/mol. The Kier molecular flexibility index (Phi) is 13.6. The maximum absolute atomic E-state index is 12.4. The van der Waals surface area contributed by atoms with Crippen LogP contribution < -0.4 is 19.5 Å². The zero-order valence-corrected chi connectivity index (χ0v) is 20.9. The molecule has 34 heavy (non-hydrogen) atoms. The lowest BCUT2D eigenvalue weighted by Gasteiger charge is -2.11. The summed E-state index contributed by atoms with van der Waals surface area (Å²) in [6, 6.07) is 1.20. The van der Waals surface area contributed by atoms with Crippen LogP contribution in [-0.4, -0.2) is 57.4 Å². The topological polar surface area (TPSA) is 150 Å². The van der Waals surface area contributed by atoms with Crippen LogP contribution in [0.25, 0.3) is 0 Å². The number of carbonyl (C=O) groups excluding carboxylic acids is 3. The molecule has 1 aromatic heterocycles. The number of hydrogen-bond acceptors (Lipinski definition) is 9. The van der Waals surface area contributed by atoms with Crippen LogP contribution in [0.2, 0.25) is 0 Å². The van der Waals surface area contributed by atoms with E-state index in [0.29, 0.717) is 6.42 Å². The van der Waals surface area contributed by atoms with Crippen molar-refractivity contribution in [1.82, 2.24) is 15.0 Å². The fraction of sp³-hybridized carbons (Fsp3) is 0.636. The molecule has 0 saturated heterocycles. The normalized spacial score (nSPS) is 10.9. The molecule has 1 heterocycles. The van der Waals surface area contributed by atoms with E-state index in [1.165, 1.54) is 32.4 Å². The van der Waals surface area contributed by atoms with Crippen molar-refractivity contribution < 1.29 is 37.0 Å². The van der Waals surface area contributed by atoms with Gasteiger partial charge in [0.05, 0.1) is 25.0 Å². The minimum Gasteiger partial charge on any atom is -0.491 e. The van der Waals surface area contributed by atoms with Crippen LogP contribution >= 0.6 is 0 Å². The molecule has 0 fully saturated rings. The monoisotopic (exact) mass is 501 g/mol. The molecule has 0 atom stereocenters. The Labute approximate surface area is 201 Å². The van der Waals surface area contributed by atoms with Crippen LogP contribution in [0.5, 0.6) is 11.6 Å². The molecule has 0 aliphatic heterocycles. The minimum absolute atomic E-state index is 0.0700. The van der Waals surface area contributed by atoms with Gasteiger partial charge in [-0.1, -0.05) is 51.9 Å². The summed E-state index contributed by atoms with van der Waals surface area (Å²) in [5.41, 5.74) is -0.0874. The zero-order chi connectivity index (χ0) is 25.4. The van der Waals surface area contributed by atoms with E-state index < -0.39 is 34.5 Å². The van der Waals surface area contributed by atoms with Gasteiger partial charge in [0, 0.05) is 12.3 Å². The van der Waals surface area contributed by atoms with Crippen LogP contribution in [-0.2, 0) is 19.6 Å². The van der Waals surface area contributed by atoms with Gasteiger partial charge in [-0.05, 0) is 13.3 Å². The lowest BCUT2D eigenvalue weighted by atomic mass is 10.1. The second kappa shape index (κ2) is 15.9. The van der Waals surface area contributed by atoms with Crippen molar-refractivity contribution >= 4 is 28.0 Å². The van der Waals surface area contributed by atoms with Crippen LogP contribution in [0, 0.1) is 0 Å². The molecular formula is C22H35N3O8S. The van der Waals surface area contributed by atoms with E-state index in [0.717, 1.165) is 31.9 Å². The van der Waals surface area contributed by atoms with Crippen molar-refractivity contribution in [3.8, 4) is 11.6 Å². The van der Waals surface area contributed by atoms with Crippen LogP contribution in [0.4, 0.5) is 4.79 Å². The molecule has 0 aliphatic carbocycles. The number of pyridine rings is 1. The maximum Gasteiger partial charge on any atom is 0.414 e. The number of sulfonamides is 1. The molecule has 0 aromatic carbocycles. The summed E-state index contributed by atoms with van der Waals surface area (Å²) in [5.74, 6) is -2.00. The smallest absolute Gasteiger partial charge is 0.414 e. The van der Waals surface area contributed by atoms with Crippen molar-refractivity contribution in [1.29, 1.82) is 0 Å². The molecule has 1 aromatic rings. The first-order valence-electron chi connectivity index (χ1n) is 11.4. The van der Waals surface area contributed by atoms with Gasteiger partial charge in [-0.15, -0.1) is 0 Å². The molecular weight excluding hydrogens is 466 g/mol. The second-order valence-corrected chi connectivity index (χ2v) is 9.35. The lowest BCUT2D eigenvalue weighted by Crippen LogP contribution is -2.33. The van der Waals surface area contributed by atoms with Gasteiger partial charge in [0.25, 0.3) is 11.8 Å². The molecule has 1 rings (SSSR count). The summed E-state index contributed by atoms with van der Waals surface area (Å²) < 4.78 is 41.2. The average Bonchev–Trinajstić information content (AvgIpc) is 2.79. The number of esters is 1. The predicted octanol–water partition coefficient (Wildman–Crippen LogP) is 2.94. The van der Waals surface area contributed by atoms with Gasteiger partial charge in [-0.3, -0.25) is 9.59 Å². The maximum atomic E-state index is 12.4. The highest BCUT2D eigenvalue weighted by atomic mass is 32.2. The molecule has 0 spiro atoms. The fourth-order valence-corrected chi connectivity index (χ4v) is 4.02. The van der Waals surface area contributed by atoms with E-state index in [1.807, 2.05) is 4.72 Å². The molecule has 12 heteroatoms. The number of ether oxygens (including phenoxy) is 3. The Hall–Kier alpha value is -2.89. The Morgan fingerprint density at radius 2 is 1.65 bits per heavy atom. The number of unbranched alkanes of at least 4 members (excludes halogenated alkanes) is 7. The van der Waals surface area contributed by atoms with Crippen molar-refractivity contribution in [2.75, 3.05) is 26.0 Å². The number of aromatic nitrogens is 1. The van der Waals surface area contributed by atoms with Gasteiger partial charge >= 0.3 is 12.1 Å². The molecule has 0 radical (unpaired) electrons. The van der Waals surface area contributed by atoms with Gasteiger partial charge in [-0.2, -0.15) is 0 Å². The highest BCUT2D eigenvalue weighted by molar-refractivity contribution is 7.90. The largest absolute Gasteiger partial charge is 0.491 e. The lowest BCUT2D eigenvalue weighted by molar-refractivity contribution is -0.141. The second-order valence-electron chi connectivity index (χ2n) is 7.50. The number of carbonyl (C=O) groups is 3. The summed E-state index contributed by atoms with van der Waals surface area (Å²) in [6.07, 6.45) is 8.10. The SMILES string of the molecule is CCCCCCCCCCS(=O)(=O)NC(=O)c1cnc(OC(=O)NCC(=O)OCC)c(OC)c1. The van der Waals surface area contributed by atoms with Crippen LogP contribution in [0.15, 0.2) is 12.3 Å². The number of hydrogen-bond donors (Lipinski definition) is 2. The molecule has 0 aliphatic rings. The number of nitrogens with one attached hydrogen (secondary N) is 2. The van der Waals surface area contributed by atoms with E-state index in [-0.39, 0.29) is 29.6 Å². The van der Waals surface area contributed by atoms with Crippen molar-refractivity contribution in [3.63, 3.8) is 0 Å². The van der Waals surface area contributed by atoms with E-state index in [9.17, 15) is 22.8 Å². The number of nitrogens with zero attached hydrogens (tertiary/aromatic N) is 1. The first-order valence-corrected chi connectivity index (χ1v) is 13.1. The minimum atomic E-state index is -3.81. The molecule has 11 nitrogen and oxygen atoms in total. The Morgan fingerprint density at radius 1 is 1.00 bits per heavy atom. The quantitative estimate of drug-likeness (QED) is 0.257. The van der Waals surface area contributed by atoms with Crippen molar-refractivity contribution in [2.24, 2.45) is 0 Å². The molecule has 192 valence electrons. The Balaban J connectivity index is 2.56. The molecule has 0 saturated carbocycles. The van der Waals surface area contributed by atoms with E-state index in [4.69, 9.17) is 9.47 Å². The Morgan fingerprint density at radius 3 is 2.26 bits per heavy atom. The number of methoxy groups -OCH3 is 1. The van der Waals surface area contributed by atoms with Crippen LogP contribution in [0.3, 0.4) is 0 Å². The van der Waals surface area contributed by atoms with Gasteiger partial charge in [-0.25, -0.2) is 22.9 Å². The van der Waals surface area contributed by atoms with Gasteiger partial charge in [0.2, 0.25) is 10.0 Å². The third-order valence-electron chi connectivity index (χ3n) is 4.69. The Bertz CT molecular complexity index is 905. The van der Waals surface area contributed by atoms with Crippen LogP contribution in [0.1, 0.15) is 75.6 Å². The first-order chi connectivity index (χ1) is 16.2. The molecule has 2 N–H and O–H groups in total. The standard InChI is InChI=1S/C22H35N3O8S/c1-4-6-7-8-9-10-11-12-13-34(29,30)25-20(27)17-14-18(31-3)21(23-15-17)33-22(28)24-16-19(26)32-5-2/h14-15H,4-13,16H2,1-3H3,(H,24,28)(H,25,27). The van der Waals surface area contributed by atoms with Crippen molar-refractivity contribution in [3.05, 3.63) is 17.8 Å². The van der Waals surface area contributed by atoms with E-state index >= 15 is 0 Å². The fourth-order valence-electron chi connectivity index (χ4n) is 2.94. The number of amides is 2. The zero-order valence-electron chi connectivity index (χ0n) is 20.1. The van der Waals surface area contributed by atoms with Gasteiger partial charge in [0.15, 0.2) is 5.75 Å². The highest BCUT2D eigenvalue weighted by Gasteiger charge is 2.20. The molecule has 2 amide bonds. The number of rotatable bonds is 16. The summed E-state index contributed by atoms with van der Waals surface area (Å²) >= 11 is 0. The van der Waals surface area contributed by atoms with E-state index in [1.54, 1.807) is 6.92 Å². The summed E-state index contributed by atoms with van der Waals surface area (Å²) in [5, 5.41) is 2.19. The summed E-state index contributed by atoms with van der Waals surface area (Å²) in [4.78, 5) is 39.3. The molecule has 0 unspecified atom stereocenters. The first kappa shape index (κ1) is 29.1. The third kappa shape index (κ3) is 11.8. The van der Waals surface area contributed by atoms with E-state index in [2.05, 4.69) is 22.0 Å².